The van der Waals surface area contributed by atoms with Crippen LogP contribution in [0.3, 0.4) is 0 Å². The van der Waals surface area contributed by atoms with E-state index in [0.29, 0.717) is 5.92 Å². The summed E-state index contributed by atoms with van der Waals surface area (Å²) in [5.41, 5.74) is 0.231. The Labute approximate surface area is 69.4 Å². The number of carbonyl (C=O) groups excluding carboxylic acids is 1. The largest absolute Gasteiger partial charge is 0.358 e. The Morgan fingerprint density at radius 2 is 2.00 bits per heavy atom. The van der Waals surface area contributed by atoms with Crippen molar-refractivity contribution in [3.63, 3.8) is 0 Å². The standard InChI is InChI=1S/C9H19NO/c1-8(2)5-9(3,4)6-10-7-11/h7-8H,5-6H2,1-4H3,(H,10,11). The molecule has 0 bridgehead atoms. The molecule has 0 aliphatic heterocycles. The van der Waals surface area contributed by atoms with Gasteiger partial charge < -0.3 is 5.32 Å². The van der Waals surface area contributed by atoms with E-state index < -0.39 is 0 Å². The lowest BCUT2D eigenvalue weighted by atomic mass is 9.84. The Morgan fingerprint density at radius 1 is 1.45 bits per heavy atom. The van der Waals surface area contributed by atoms with Gasteiger partial charge in [-0.15, -0.1) is 0 Å². The third-order valence-electron chi connectivity index (χ3n) is 1.62. The third-order valence-corrected chi connectivity index (χ3v) is 1.62. The fraction of sp³-hybridized carbons (Fsp3) is 0.889. The smallest absolute Gasteiger partial charge is 0.207 e. The van der Waals surface area contributed by atoms with Gasteiger partial charge in [-0.25, -0.2) is 0 Å². The molecule has 0 radical (unpaired) electrons. The fourth-order valence-electron chi connectivity index (χ4n) is 1.50. The van der Waals surface area contributed by atoms with Crippen LogP contribution in [0, 0.1) is 11.3 Å². The van der Waals surface area contributed by atoms with Gasteiger partial charge in [0.15, 0.2) is 0 Å². The van der Waals surface area contributed by atoms with Crippen molar-refractivity contribution in [1.29, 1.82) is 0 Å². The van der Waals surface area contributed by atoms with Gasteiger partial charge in [0.05, 0.1) is 0 Å². The number of amides is 1. The fourth-order valence-corrected chi connectivity index (χ4v) is 1.50. The summed E-state index contributed by atoms with van der Waals surface area (Å²) in [6, 6.07) is 0. The van der Waals surface area contributed by atoms with Crippen LogP contribution in [0.2, 0.25) is 0 Å². The minimum atomic E-state index is 0.231. The molecule has 0 heterocycles. The first-order valence-electron chi connectivity index (χ1n) is 4.15. The zero-order valence-electron chi connectivity index (χ0n) is 7.98. The SMILES string of the molecule is CC(C)CC(C)(C)CNC=O. The predicted molar refractivity (Wildman–Crippen MR) is 47.3 cm³/mol. The second-order valence-corrected chi connectivity index (χ2v) is 4.26. The molecule has 0 rings (SSSR count). The van der Waals surface area contributed by atoms with Crippen molar-refractivity contribution >= 4 is 6.41 Å². The Balaban J connectivity index is 3.69. The molecule has 0 aliphatic rings. The maximum Gasteiger partial charge on any atom is 0.207 e. The first kappa shape index (κ1) is 10.5. The number of hydrogen-bond acceptors (Lipinski definition) is 1. The van der Waals surface area contributed by atoms with Crippen LogP contribution in [0.25, 0.3) is 0 Å². The molecule has 0 atom stereocenters. The van der Waals surface area contributed by atoms with Gasteiger partial charge in [0.1, 0.15) is 0 Å². The van der Waals surface area contributed by atoms with E-state index in [1.165, 1.54) is 0 Å². The highest BCUT2D eigenvalue weighted by Crippen LogP contribution is 2.23. The maximum atomic E-state index is 10.0. The van der Waals surface area contributed by atoms with Crippen molar-refractivity contribution in [2.24, 2.45) is 11.3 Å². The highest BCUT2D eigenvalue weighted by atomic mass is 16.1. The number of hydrogen-bond donors (Lipinski definition) is 1. The molecule has 2 nitrogen and oxygen atoms in total. The van der Waals surface area contributed by atoms with Crippen molar-refractivity contribution in [1.82, 2.24) is 5.32 Å². The van der Waals surface area contributed by atoms with Crippen LogP contribution in [0.5, 0.6) is 0 Å². The molecule has 0 aliphatic carbocycles. The molecule has 1 amide bonds. The maximum absolute atomic E-state index is 10.0. The Kier molecular flexibility index (Phi) is 4.16. The predicted octanol–water partition coefficient (Wildman–Crippen LogP) is 1.80. The molecule has 0 saturated carbocycles. The van der Waals surface area contributed by atoms with Crippen molar-refractivity contribution in [2.45, 2.75) is 34.1 Å². The number of carbonyl (C=O) groups is 1. The quantitative estimate of drug-likeness (QED) is 0.606. The van der Waals surface area contributed by atoms with Gasteiger partial charge >= 0.3 is 0 Å². The van der Waals surface area contributed by atoms with Crippen molar-refractivity contribution in [2.75, 3.05) is 6.54 Å². The van der Waals surface area contributed by atoms with E-state index in [0.717, 1.165) is 19.4 Å². The zero-order chi connectivity index (χ0) is 8.91. The van der Waals surface area contributed by atoms with Crippen LogP contribution in [0.15, 0.2) is 0 Å². The van der Waals surface area contributed by atoms with E-state index in [9.17, 15) is 4.79 Å². The lowest BCUT2D eigenvalue weighted by molar-refractivity contribution is -0.110. The summed E-state index contributed by atoms with van der Waals surface area (Å²) in [6.07, 6.45) is 1.91. The molecule has 0 unspecified atom stereocenters. The highest BCUT2D eigenvalue weighted by molar-refractivity contribution is 5.45. The summed E-state index contributed by atoms with van der Waals surface area (Å²) in [7, 11) is 0. The molecule has 0 aromatic rings. The van der Waals surface area contributed by atoms with Gasteiger partial charge in [-0.3, -0.25) is 4.79 Å². The van der Waals surface area contributed by atoms with Gasteiger partial charge in [0, 0.05) is 6.54 Å². The van der Waals surface area contributed by atoms with Gasteiger partial charge in [0.25, 0.3) is 0 Å². The van der Waals surface area contributed by atoms with E-state index in [-0.39, 0.29) is 5.41 Å². The molecule has 0 saturated heterocycles. The molecule has 0 fully saturated rings. The van der Waals surface area contributed by atoms with E-state index in [1.807, 2.05) is 0 Å². The number of rotatable bonds is 5. The average Bonchev–Trinajstić information content (AvgIpc) is 1.81. The summed E-state index contributed by atoms with van der Waals surface area (Å²) in [4.78, 5) is 10.0. The molecule has 0 aromatic heterocycles. The van der Waals surface area contributed by atoms with Gasteiger partial charge in [-0.2, -0.15) is 0 Å². The second-order valence-electron chi connectivity index (χ2n) is 4.26. The summed E-state index contributed by atoms with van der Waals surface area (Å²) in [6.45, 7) is 9.51. The minimum Gasteiger partial charge on any atom is -0.358 e. The molecular weight excluding hydrogens is 138 g/mol. The normalized spacial score (nSPS) is 11.7. The monoisotopic (exact) mass is 157 g/mol. The second kappa shape index (κ2) is 4.37. The van der Waals surface area contributed by atoms with Crippen LogP contribution in [-0.4, -0.2) is 13.0 Å². The van der Waals surface area contributed by atoms with E-state index >= 15 is 0 Å². The molecular formula is C9H19NO. The minimum absolute atomic E-state index is 0.231. The lowest BCUT2D eigenvalue weighted by Gasteiger charge is -2.25. The van der Waals surface area contributed by atoms with Crippen LogP contribution < -0.4 is 5.32 Å². The number of nitrogens with one attached hydrogen (secondary N) is 1. The average molecular weight is 157 g/mol. The van der Waals surface area contributed by atoms with Gasteiger partial charge in [-0.05, 0) is 17.8 Å². The molecule has 0 aromatic carbocycles. The summed E-state index contributed by atoms with van der Waals surface area (Å²) >= 11 is 0. The van der Waals surface area contributed by atoms with Crippen molar-refractivity contribution in [3.05, 3.63) is 0 Å². The van der Waals surface area contributed by atoms with E-state index in [1.54, 1.807) is 0 Å². The topological polar surface area (TPSA) is 29.1 Å². The van der Waals surface area contributed by atoms with Crippen LogP contribution >= 0.6 is 0 Å². The molecule has 11 heavy (non-hydrogen) atoms. The molecule has 1 N–H and O–H groups in total. The first-order chi connectivity index (χ1) is 4.98. The summed E-state index contributed by atoms with van der Waals surface area (Å²) in [5.74, 6) is 0.693. The third kappa shape index (κ3) is 5.89. The molecule has 2 heteroatoms. The van der Waals surface area contributed by atoms with Crippen molar-refractivity contribution in [3.8, 4) is 0 Å². The summed E-state index contributed by atoms with van der Waals surface area (Å²) in [5, 5.41) is 2.71. The highest BCUT2D eigenvalue weighted by Gasteiger charge is 2.18. The molecule has 66 valence electrons. The van der Waals surface area contributed by atoms with E-state index in [2.05, 4.69) is 33.0 Å². The summed E-state index contributed by atoms with van der Waals surface area (Å²) < 4.78 is 0. The van der Waals surface area contributed by atoms with Crippen LogP contribution in [0.4, 0.5) is 0 Å². The first-order valence-corrected chi connectivity index (χ1v) is 4.15. The molecule has 0 spiro atoms. The zero-order valence-corrected chi connectivity index (χ0v) is 7.98. The van der Waals surface area contributed by atoms with E-state index in [4.69, 9.17) is 0 Å². The van der Waals surface area contributed by atoms with Gasteiger partial charge in [0.2, 0.25) is 6.41 Å². The Hall–Kier alpha value is -0.530. The van der Waals surface area contributed by atoms with Crippen LogP contribution in [-0.2, 0) is 4.79 Å². The lowest BCUT2D eigenvalue weighted by Crippen LogP contribution is -2.29. The Bertz CT molecular complexity index is 119. The van der Waals surface area contributed by atoms with Crippen LogP contribution in [0.1, 0.15) is 34.1 Å². The Morgan fingerprint density at radius 3 is 2.36 bits per heavy atom. The van der Waals surface area contributed by atoms with Gasteiger partial charge in [-0.1, -0.05) is 27.7 Å². The van der Waals surface area contributed by atoms with Crippen molar-refractivity contribution < 1.29 is 4.79 Å².